The van der Waals surface area contributed by atoms with Crippen LogP contribution >= 0.6 is 0 Å². The molecule has 0 amide bonds. The van der Waals surface area contributed by atoms with Crippen LogP contribution in [0.15, 0.2) is 4.52 Å². The maximum Gasteiger partial charge on any atom is 0.228 e. The van der Waals surface area contributed by atoms with Crippen LogP contribution in [0.25, 0.3) is 0 Å². The molecule has 1 unspecified atom stereocenters. The first-order valence-electron chi connectivity index (χ1n) is 6.18. The zero-order valence-electron chi connectivity index (χ0n) is 11.2. The summed E-state index contributed by atoms with van der Waals surface area (Å²) in [6.07, 6.45) is 1.47. The summed E-state index contributed by atoms with van der Waals surface area (Å²) in [6.45, 7) is 7.76. The van der Waals surface area contributed by atoms with E-state index in [9.17, 15) is 0 Å². The fraction of sp³-hybridized carbons (Fsp3) is 0.833. The van der Waals surface area contributed by atoms with E-state index in [0.717, 1.165) is 18.9 Å². The standard InChI is InChI=1S/C12H23N3O2/c1-9(2)8-16-6-5-12-14-11(15-17-12)7-10(3)13-4/h9-10,13H,5-8H2,1-4H3. The lowest BCUT2D eigenvalue weighted by atomic mass is 10.2. The Morgan fingerprint density at radius 2 is 2.12 bits per heavy atom. The van der Waals surface area contributed by atoms with E-state index < -0.39 is 0 Å². The second-order valence-corrected chi connectivity index (χ2v) is 4.72. The second-order valence-electron chi connectivity index (χ2n) is 4.72. The molecule has 0 aromatic carbocycles. The molecule has 0 saturated heterocycles. The van der Waals surface area contributed by atoms with Gasteiger partial charge in [0.15, 0.2) is 5.82 Å². The lowest BCUT2D eigenvalue weighted by molar-refractivity contribution is 0.108. The van der Waals surface area contributed by atoms with E-state index in [1.165, 1.54) is 0 Å². The first kappa shape index (κ1) is 14.1. The number of nitrogens with one attached hydrogen (secondary N) is 1. The minimum Gasteiger partial charge on any atom is -0.381 e. The van der Waals surface area contributed by atoms with Crippen molar-refractivity contribution in [3.63, 3.8) is 0 Å². The molecule has 0 fully saturated rings. The van der Waals surface area contributed by atoms with Gasteiger partial charge in [-0.25, -0.2) is 0 Å². The summed E-state index contributed by atoms with van der Waals surface area (Å²) >= 11 is 0. The average Bonchev–Trinajstić information content (AvgIpc) is 2.72. The molecule has 5 heteroatoms. The van der Waals surface area contributed by atoms with Gasteiger partial charge < -0.3 is 14.6 Å². The van der Waals surface area contributed by atoms with Gasteiger partial charge in [-0.1, -0.05) is 19.0 Å². The van der Waals surface area contributed by atoms with Gasteiger partial charge in [0.05, 0.1) is 13.0 Å². The molecule has 17 heavy (non-hydrogen) atoms. The summed E-state index contributed by atoms with van der Waals surface area (Å²) in [4.78, 5) is 4.32. The summed E-state index contributed by atoms with van der Waals surface area (Å²) in [5.74, 6) is 1.97. The van der Waals surface area contributed by atoms with E-state index in [-0.39, 0.29) is 0 Å². The van der Waals surface area contributed by atoms with E-state index in [1.807, 2.05) is 7.05 Å². The Balaban J connectivity index is 2.26. The smallest absolute Gasteiger partial charge is 0.228 e. The van der Waals surface area contributed by atoms with E-state index in [2.05, 4.69) is 36.2 Å². The fourth-order valence-corrected chi connectivity index (χ4v) is 1.33. The monoisotopic (exact) mass is 241 g/mol. The quantitative estimate of drug-likeness (QED) is 0.698. The van der Waals surface area contributed by atoms with Crippen LogP contribution in [0.1, 0.15) is 32.5 Å². The van der Waals surface area contributed by atoms with Crippen molar-refractivity contribution in [2.24, 2.45) is 5.92 Å². The van der Waals surface area contributed by atoms with Crippen LogP contribution in [0.3, 0.4) is 0 Å². The first-order valence-corrected chi connectivity index (χ1v) is 6.18. The van der Waals surface area contributed by atoms with Crippen molar-refractivity contribution in [2.75, 3.05) is 20.3 Å². The molecule has 0 bridgehead atoms. The molecule has 1 N–H and O–H groups in total. The zero-order valence-corrected chi connectivity index (χ0v) is 11.2. The fourth-order valence-electron chi connectivity index (χ4n) is 1.33. The van der Waals surface area contributed by atoms with Crippen LogP contribution in [-0.4, -0.2) is 36.4 Å². The molecular formula is C12H23N3O2. The van der Waals surface area contributed by atoms with Crippen molar-refractivity contribution in [3.05, 3.63) is 11.7 Å². The Morgan fingerprint density at radius 1 is 1.35 bits per heavy atom. The van der Waals surface area contributed by atoms with E-state index in [0.29, 0.717) is 30.9 Å². The van der Waals surface area contributed by atoms with Gasteiger partial charge in [0.25, 0.3) is 0 Å². The Kier molecular flexibility index (Phi) is 6.15. The van der Waals surface area contributed by atoms with Gasteiger partial charge in [-0.2, -0.15) is 4.98 Å². The average molecular weight is 241 g/mol. The largest absolute Gasteiger partial charge is 0.381 e. The van der Waals surface area contributed by atoms with E-state index in [1.54, 1.807) is 0 Å². The number of ether oxygens (including phenoxy) is 1. The second kappa shape index (κ2) is 7.40. The number of rotatable bonds is 8. The Hall–Kier alpha value is -0.940. The molecule has 0 aliphatic heterocycles. The summed E-state index contributed by atoms with van der Waals surface area (Å²) in [5, 5.41) is 7.08. The first-order chi connectivity index (χ1) is 8.11. The molecular weight excluding hydrogens is 218 g/mol. The molecule has 0 aliphatic carbocycles. The summed E-state index contributed by atoms with van der Waals surface area (Å²) < 4.78 is 10.6. The summed E-state index contributed by atoms with van der Waals surface area (Å²) in [6, 6.07) is 0.359. The van der Waals surface area contributed by atoms with E-state index >= 15 is 0 Å². The number of hydrogen-bond donors (Lipinski definition) is 1. The number of aromatic nitrogens is 2. The van der Waals surface area contributed by atoms with Gasteiger partial charge in [0.1, 0.15) is 0 Å². The topological polar surface area (TPSA) is 60.2 Å². The van der Waals surface area contributed by atoms with Crippen LogP contribution in [0.4, 0.5) is 0 Å². The molecule has 1 heterocycles. The molecule has 1 atom stereocenters. The van der Waals surface area contributed by atoms with Gasteiger partial charge in [0.2, 0.25) is 5.89 Å². The highest BCUT2D eigenvalue weighted by Gasteiger charge is 2.09. The molecule has 1 aromatic rings. The predicted octanol–water partition coefficient (Wildman–Crippen LogP) is 1.44. The highest BCUT2D eigenvalue weighted by Crippen LogP contribution is 2.02. The minimum atomic E-state index is 0.359. The van der Waals surface area contributed by atoms with Crippen LogP contribution in [0, 0.1) is 5.92 Å². The lowest BCUT2D eigenvalue weighted by Crippen LogP contribution is -2.24. The molecule has 98 valence electrons. The maximum absolute atomic E-state index is 5.47. The van der Waals surface area contributed by atoms with Crippen molar-refractivity contribution < 1.29 is 9.26 Å². The Bertz CT molecular complexity index is 312. The van der Waals surface area contributed by atoms with Crippen LogP contribution in [0.5, 0.6) is 0 Å². The Labute approximate surface area is 103 Å². The highest BCUT2D eigenvalue weighted by molar-refractivity contribution is 4.89. The molecule has 1 aromatic heterocycles. The van der Waals surface area contributed by atoms with Gasteiger partial charge in [-0.3, -0.25) is 0 Å². The van der Waals surface area contributed by atoms with Crippen molar-refractivity contribution in [1.82, 2.24) is 15.5 Å². The third kappa shape index (κ3) is 5.79. The van der Waals surface area contributed by atoms with Crippen LogP contribution < -0.4 is 5.32 Å². The molecule has 5 nitrogen and oxygen atoms in total. The third-order valence-electron chi connectivity index (χ3n) is 2.40. The minimum absolute atomic E-state index is 0.359. The van der Waals surface area contributed by atoms with Crippen molar-refractivity contribution >= 4 is 0 Å². The summed E-state index contributed by atoms with van der Waals surface area (Å²) in [5.41, 5.74) is 0. The molecule has 0 radical (unpaired) electrons. The van der Waals surface area contributed by atoms with Gasteiger partial charge in [0, 0.05) is 19.1 Å². The van der Waals surface area contributed by atoms with Crippen LogP contribution in [0.2, 0.25) is 0 Å². The molecule has 0 aliphatic rings. The van der Waals surface area contributed by atoms with Crippen molar-refractivity contribution in [2.45, 2.75) is 39.7 Å². The molecule has 1 rings (SSSR count). The maximum atomic E-state index is 5.47. The number of hydrogen-bond acceptors (Lipinski definition) is 5. The molecule has 0 spiro atoms. The zero-order chi connectivity index (χ0) is 12.7. The lowest BCUT2D eigenvalue weighted by Gasteiger charge is -2.05. The van der Waals surface area contributed by atoms with Crippen molar-refractivity contribution in [1.29, 1.82) is 0 Å². The van der Waals surface area contributed by atoms with Gasteiger partial charge in [-0.15, -0.1) is 0 Å². The van der Waals surface area contributed by atoms with E-state index in [4.69, 9.17) is 9.26 Å². The Morgan fingerprint density at radius 3 is 2.76 bits per heavy atom. The van der Waals surface area contributed by atoms with Gasteiger partial charge >= 0.3 is 0 Å². The normalized spacial score (nSPS) is 13.2. The number of nitrogens with zero attached hydrogens (tertiary/aromatic N) is 2. The predicted molar refractivity (Wildman–Crippen MR) is 65.9 cm³/mol. The highest BCUT2D eigenvalue weighted by atomic mass is 16.5. The third-order valence-corrected chi connectivity index (χ3v) is 2.40. The van der Waals surface area contributed by atoms with Crippen LogP contribution in [-0.2, 0) is 17.6 Å². The van der Waals surface area contributed by atoms with Crippen molar-refractivity contribution in [3.8, 4) is 0 Å². The molecule has 0 saturated carbocycles. The van der Waals surface area contributed by atoms with Gasteiger partial charge in [-0.05, 0) is 19.9 Å². The SMILES string of the molecule is CNC(C)Cc1noc(CCOCC(C)C)n1. The number of likely N-dealkylation sites (N-methyl/N-ethyl adjacent to an activating group) is 1. The summed E-state index contributed by atoms with van der Waals surface area (Å²) in [7, 11) is 1.92.